The Bertz CT molecular complexity index is 1240. The van der Waals surface area contributed by atoms with E-state index in [1.165, 1.54) is 32.1 Å². The van der Waals surface area contributed by atoms with Crippen molar-refractivity contribution in [2.24, 2.45) is 5.41 Å². The highest BCUT2D eigenvalue weighted by atomic mass is 35.5. The zero-order valence-electron chi connectivity index (χ0n) is 21.3. The summed E-state index contributed by atoms with van der Waals surface area (Å²) in [6.07, 6.45) is 12.8. The van der Waals surface area contributed by atoms with Gasteiger partial charge in [-0.3, -0.25) is 4.98 Å². The summed E-state index contributed by atoms with van der Waals surface area (Å²) in [6, 6.07) is 4.00. The standard InChI is InChI=1S/C29H36ClFN4/c1-4-24-33-27-22-17-32-26(25(27)31)21-15-19(2)16-23(30)20(21)11-8-6-5-7-9-12-29(3)13-10-14-35(18-29)28(22)34-24/h15-17H,4-14,18H2,1-3H3. The first-order chi connectivity index (χ1) is 16.9. The molecule has 6 bridgehead atoms. The molecule has 3 aliphatic heterocycles. The summed E-state index contributed by atoms with van der Waals surface area (Å²) in [4.78, 5) is 16.6. The molecule has 1 aromatic carbocycles. The minimum Gasteiger partial charge on any atom is -0.355 e. The Labute approximate surface area is 213 Å². The lowest BCUT2D eigenvalue weighted by molar-refractivity contribution is 0.232. The Hall–Kier alpha value is -2.27. The van der Waals surface area contributed by atoms with Crippen LogP contribution in [0.5, 0.6) is 0 Å². The lowest BCUT2D eigenvalue weighted by Crippen LogP contribution is -2.42. The fourth-order valence-electron chi connectivity index (χ4n) is 6.00. The summed E-state index contributed by atoms with van der Waals surface area (Å²) in [5.74, 6) is 1.15. The maximum Gasteiger partial charge on any atom is 0.175 e. The van der Waals surface area contributed by atoms with Crippen molar-refractivity contribution in [2.75, 3.05) is 18.0 Å². The van der Waals surface area contributed by atoms with E-state index in [-0.39, 0.29) is 11.2 Å². The third-order valence-electron chi connectivity index (χ3n) is 7.91. The first-order valence-electron chi connectivity index (χ1n) is 13.3. The molecule has 1 unspecified atom stereocenters. The van der Waals surface area contributed by atoms with Gasteiger partial charge < -0.3 is 4.90 Å². The van der Waals surface area contributed by atoms with E-state index in [9.17, 15) is 0 Å². The Kier molecular flexibility index (Phi) is 6.98. The van der Waals surface area contributed by atoms with Gasteiger partial charge in [-0.2, -0.15) is 0 Å². The van der Waals surface area contributed by atoms with Crippen molar-refractivity contribution in [2.45, 2.75) is 85.0 Å². The molecule has 4 nitrogen and oxygen atoms in total. The SMILES string of the molecule is CCc1nc2c3cnc(c(F)c3n1)-c1cc(C)cc(Cl)c1CCCCCCCC1(C)CCCN2C1. The second-order valence-corrected chi connectivity index (χ2v) is 11.3. The smallest absolute Gasteiger partial charge is 0.175 e. The Morgan fingerprint density at radius 3 is 2.66 bits per heavy atom. The number of anilines is 1. The van der Waals surface area contributed by atoms with Crippen molar-refractivity contribution < 1.29 is 4.39 Å². The zero-order valence-corrected chi connectivity index (χ0v) is 22.0. The molecule has 6 heteroatoms. The number of aromatic nitrogens is 3. The van der Waals surface area contributed by atoms with E-state index < -0.39 is 0 Å². The molecule has 0 N–H and O–H groups in total. The zero-order chi connectivity index (χ0) is 24.6. The molecule has 6 rings (SSSR count). The van der Waals surface area contributed by atoms with Gasteiger partial charge in [-0.1, -0.05) is 51.1 Å². The van der Waals surface area contributed by atoms with Crippen molar-refractivity contribution in [3.8, 4) is 11.3 Å². The first kappa shape index (κ1) is 24.4. The number of rotatable bonds is 1. The largest absolute Gasteiger partial charge is 0.355 e. The highest BCUT2D eigenvalue weighted by molar-refractivity contribution is 6.31. The van der Waals surface area contributed by atoms with Gasteiger partial charge in [0.15, 0.2) is 5.82 Å². The molecule has 3 aromatic rings. The Morgan fingerprint density at radius 1 is 1.06 bits per heavy atom. The van der Waals surface area contributed by atoms with Crippen molar-refractivity contribution in [1.82, 2.24) is 15.0 Å². The van der Waals surface area contributed by atoms with Crippen molar-refractivity contribution >= 4 is 28.3 Å². The van der Waals surface area contributed by atoms with E-state index in [0.717, 1.165) is 61.3 Å². The molecule has 2 aromatic heterocycles. The van der Waals surface area contributed by atoms with Crippen molar-refractivity contribution in [3.05, 3.63) is 46.1 Å². The molecule has 186 valence electrons. The second kappa shape index (κ2) is 10.0. The monoisotopic (exact) mass is 494 g/mol. The van der Waals surface area contributed by atoms with Gasteiger partial charge in [0.05, 0.1) is 5.39 Å². The Balaban J connectivity index is 1.72. The fraction of sp³-hybridized carbons (Fsp3) is 0.552. The van der Waals surface area contributed by atoms with Crippen LogP contribution >= 0.6 is 11.6 Å². The summed E-state index contributed by atoms with van der Waals surface area (Å²) in [5.41, 5.74) is 3.76. The molecule has 0 aliphatic carbocycles. The minimum atomic E-state index is -0.368. The number of piperidine rings is 1. The van der Waals surface area contributed by atoms with Crippen LogP contribution in [0.25, 0.3) is 22.2 Å². The summed E-state index contributed by atoms with van der Waals surface area (Å²) in [6.45, 7) is 8.32. The highest BCUT2D eigenvalue weighted by Crippen LogP contribution is 2.40. The molecule has 1 atom stereocenters. The number of aryl methyl sites for hydroxylation is 2. The quantitative estimate of drug-likeness (QED) is 0.345. The van der Waals surface area contributed by atoms with E-state index in [0.29, 0.717) is 33.9 Å². The molecular formula is C29H36ClFN4. The lowest BCUT2D eigenvalue weighted by Gasteiger charge is -2.41. The van der Waals surface area contributed by atoms with Gasteiger partial charge in [0.1, 0.15) is 22.9 Å². The van der Waals surface area contributed by atoms with Crippen LogP contribution in [0.2, 0.25) is 5.02 Å². The van der Waals surface area contributed by atoms with Crippen molar-refractivity contribution in [1.29, 1.82) is 0 Å². The van der Waals surface area contributed by atoms with Crippen LogP contribution in [0.4, 0.5) is 10.2 Å². The van der Waals surface area contributed by atoms with Crippen LogP contribution in [0.3, 0.4) is 0 Å². The number of benzene rings is 1. The molecular weight excluding hydrogens is 459 g/mol. The second-order valence-electron chi connectivity index (χ2n) is 10.9. The molecule has 0 saturated carbocycles. The average Bonchev–Trinajstić information content (AvgIpc) is 2.83. The van der Waals surface area contributed by atoms with Gasteiger partial charge in [0.2, 0.25) is 0 Å². The van der Waals surface area contributed by atoms with Crippen LogP contribution in [0.15, 0.2) is 18.3 Å². The number of nitrogens with zero attached hydrogens (tertiary/aromatic N) is 4. The predicted octanol–water partition coefficient (Wildman–Crippen LogP) is 7.86. The number of fused-ring (bicyclic) bond motifs is 7. The topological polar surface area (TPSA) is 41.9 Å². The maximum atomic E-state index is 16.3. The molecule has 35 heavy (non-hydrogen) atoms. The number of halogens is 2. The molecule has 5 heterocycles. The first-order valence-corrected chi connectivity index (χ1v) is 13.7. The van der Waals surface area contributed by atoms with Gasteiger partial charge >= 0.3 is 0 Å². The molecule has 1 fully saturated rings. The van der Waals surface area contributed by atoms with E-state index in [2.05, 4.69) is 21.8 Å². The predicted molar refractivity (Wildman–Crippen MR) is 143 cm³/mol. The summed E-state index contributed by atoms with van der Waals surface area (Å²) in [5, 5.41) is 1.40. The minimum absolute atomic E-state index is 0.253. The number of pyridine rings is 1. The van der Waals surface area contributed by atoms with Gasteiger partial charge in [-0.25, -0.2) is 14.4 Å². The lowest BCUT2D eigenvalue weighted by atomic mass is 9.77. The molecule has 3 aliphatic rings. The van der Waals surface area contributed by atoms with Crippen LogP contribution in [0.1, 0.15) is 82.2 Å². The average molecular weight is 495 g/mol. The van der Waals surface area contributed by atoms with Crippen LogP contribution in [-0.4, -0.2) is 28.0 Å². The third-order valence-corrected chi connectivity index (χ3v) is 8.25. The fourth-order valence-corrected chi connectivity index (χ4v) is 6.36. The van der Waals surface area contributed by atoms with Gasteiger partial charge in [-0.05, 0) is 67.7 Å². The normalized spacial score (nSPS) is 21.3. The van der Waals surface area contributed by atoms with Gasteiger partial charge in [0.25, 0.3) is 0 Å². The third kappa shape index (κ3) is 4.89. The molecule has 0 spiro atoms. The summed E-state index contributed by atoms with van der Waals surface area (Å²) >= 11 is 6.72. The Morgan fingerprint density at radius 2 is 1.83 bits per heavy atom. The number of hydrogen-bond donors (Lipinski definition) is 0. The summed E-state index contributed by atoms with van der Waals surface area (Å²) in [7, 11) is 0. The van der Waals surface area contributed by atoms with Crippen LogP contribution in [-0.2, 0) is 12.8 Å². The molecule has 0 radical (unpaired) electrons. The molecule has 0 amide bonds. The van der Waals surface area contributed by atoms with Crippen LogP contribution < -0.4 is 4.90 Å². The highest BCUT2D eigenvalue weighted by Gasteiger charge is 2.32. The maximum absolute atomic E-state index is 16.3. The number of hydrogen-bond acceptors (Lipinski definition) is 4. The van der Waals surface area contributed by atoms with E-state index >= 15 is 4.39 Å². The van der Waals surface area contributed by atoms with E-state index in [1.54, 1.807) is 6.20 Å². The van der Waals surface area contributed by atoms with Crippen molar-refractivity contribution in [3.63, 3.8) is 0 Å². The van der Waals surface area contributed by atoms with Gasteiger partial charge in [0, 0.05) is 36.3 Å². The van der Waals surface area contributed by atoms with Crippen LogP contribution in [0, 0.1) is 18.2 Å². The van der Waals surface area contributed by atoms with E-state index in [1.807, 2.05) is 26.0 Å². The summed E-state index contributed by atoms with van der Waals surface area (Å²) < 4.78 is 16.3. The van der Waals surface area contributed by atoms with Gasteiger partial charge in [-0.15, -0.1) is 0 Å². The van der Waals surface area contributed by atoms with E-state index in [4.69, 9.17) is 16.6 Å². The molecule has 1 saturated heterocycles.